The molecule has 1 aromatic heterocycles. The monoisotopic (exact) mass is 265 g/mol. The largest absolute Gasteiger partial charge is 0.379 e. The van der Waals surface area contributed by atoms with Crippen LogP contribution in [0.3, 0.4) is 0 Å². The molecule has 0 aliphatic carbocycles. The van der Waals surface area contributed by atoms with Crippen LogP contribution in [-0.2, 0) is 0 Å². The van der Waals surface area contributed by atoms with Gasteiger partial charge in [-0.3, -0.25) is 14.8 Å². The summed E-state index contributed by atoms with van der Waals surface area (Å²) in [6.45, 7) is 5.19. The highest BCUT2D eigenvalue weighted by Gasteiger charge is 2.22. The summed E-state index contributed by atoms with van der Waals surface area (Å²) in [5.74, 6) is 1.12. The van der Waals surface area contributed by atoms with E-state index in [4.69, 9.17) is 0 Å². The molecule has 0 fully saturated rings. The SMILES string of the molecule is CC(C)CCN(CO)N1CN=Cc2ncc(=O)[nH]c21. The molecule has 2 heterocycles. The summed E-state index contributed by atoms with van der Waals surface area (Å²) in [7, 11) is 0. The number of aromatic nitrogens is 2. The van der Waals surface area contributed by atoms with Gasteiger partial charge in [0.1, 0.15) is 19.1 Å². The van der Waals surface area contributed by atoms with Gasteiger partial charge in [0.25, 0.3) is 5.56 Å². The Hall–Kier alpha value is -1.73. The van der Waals surface area contributed by atoms with Crippen molar-refractivity contribution in [2.75, 3.05) is 25.0 Å². The number of H-pyrrole nitrogens is 1. The maximum absolute atomic E-state index is 11.4. The Morgan fingerprint density at radius 3 is 3.05 bits per heavy atom. The molecule has 0 aromatic carbocycles. The topological polar surface area (TPSA) is 84.8 Å². The van der Waals surface area contributed by atoms with Gasteiger partial charge in [0, 0.05) is 6.54 Å². The molecule has 0 atom stereocenters. The molecule has 0 unspecified atom stereocenters. The van der Waals surface area contributed by atoms with E-state index in [1.807, 2.05) is 0 Å². The number of aliphatic imine (C=N–C) groups is 1. The lowest BCUT2D eigenvalue weighted by Crippen LogP contribution is -2.47. The Kier molecular flexibility index (Phi) is 4.28. The number of hydrogen-bond donors (Lipinski definition) is 2. The van der Waals surface area contributed by atoms with Crippen LogP contribution in [0.15, 0.2) is 16.0 Å². The molecule has 0 saturated heterocycles. The number of aromatic amines is 1. The summed E-state index contributed by atoms with van der Waals surface area (Å²) in [5.41, 5.74) is 0.342. The van der Waals surface area contributed by atoms with E-state index < -0.39 is 0 Å². The van der Waals surface area contributed by atoms with Crippen molar-refractivity contribution >= 4 is 12.0 Å². The Morgan fingerprint density at radius 2 is 2.37 bits per heavy atom. The number of fused-ring (bicyclic) bond motifs is 1. The van der Waals surface area contributed by atoms with E-state index in [1.54, 1.807) is 16.2 Å². The van der Waals surface area contributed by atoms with E-state index in [9.17, 15) is 9.90 Å². The number of anilines is 1. The van der Waals surface area contributed by atoms with E-state index in [-0.39, 0.29) is 12.3 Å². The summed E-state index contributed by atoms with van der Waals surface area (Å²) < 4.78 is 0. The summed E-state index contributed by atoms with van der Waals surface area (Å²) in [6.07, 6.45) is 3.80. The fourth-order valence-corrected chi connectivity index (χ4v) is 1.87. The maximum Gasteiger partial charge on any atom is 0.268 e. The zero-order valence-corrected chi connectivity index (χ0v) is 11.2. The zero-order chi connectivity index (χ0) is 13.8. The lowest BCUT2D eigenvalue weighted by molar-refractivity contribution is 0.0898. The van der Waals surface area contributed by atoms with Gasteiger partial charge >= 0.3 is 0 Å². The molecule has 104 valence electrons. The van der Waals surface area contributed by atoms with Crippen LogP contribution in [0.5, 0.6) is 0 Å². The molecule has 0 spiro atoms. The molecule has 7 nitrogen and oxygen atoms in total. The standard InChI is InChI=1S/C12H19N5O2/c1-9(2)3-4-16(8-18)17-7-13-5-10-12(17)15-11(19)6-14-10/h5-6,9,18H,3-4,7-8H2,1-2H3,(H,15,19). The van der Waals surface area contributed by atoms with Gasteiger partial charge in [0.15, 0.2) is 5.82 Å². The zero-order valence-electron chi connectivity index (χ0n) is 11.2. The molecular formula is C12H19N5O2. The number of nitrogens with zero attached hydrogens (tertiary/aromatic N) is 4. The van der Waals surface area contributed by atoms with Gasteiger partial charge in [-0.2, -0.15) is 5.01 Å². The van der Waals surface area contributed by atoms with Crippen LogP contribution in [0.4, 0.5) is 5.82 Å². The van der Waals surface area contributed by atoms with Crippen molar-refractivity contribution in [2.45, 2.75) is 20.3 Å². The molecule has 19 heavy (non-hydrogen) atoms. The third-order valence-corrected chi connectivity index (χ3v) is 2.96. The van der Waals surface area contributed by atoms with Crippen molar-refractivity contribution in [1.82, 2.24) is 15.0 Å². The van der Waals surface area contributed by atoms with Gasteiger partial charge in [0.05, 0.1) is 12.4 Å². The van der Waals surface area contributed by atoms with Crippen molar-refractivity contribution < 1.29 is 5.11 Å². The Bertz CT molecular complexity index is 511. The van der Waals surface area contributed by atoms with Crippen LogP contribution in [0.25, 0.3) is 0 Å². The van der Waals surface area contributed by atoms with Crippen LogP contribution < -0.4 is 10.6 Å². The van der Waals surface area contributed by atoms with E-state index >= 15 is 0 Å². The van der Waals surface area contributed by atoms with Crippen molar-refractivity contribution in [2.24, 2.45) is 10.9 Å². The van der Waals surface area contributed by atoms with Crippen LogP contribution in [0.2, 0.25) is 0 Å². The summed E-state index contributed by atoms with van der Waals surface area (Å²) in [6, 6.07) is 0. The van der Waals surface area contributed by atoms with Crippen LogP contribution in [0.1, 0.15) is 26.0 Å². The lowest BCUT2D eigenvalue weighted by atomic mass is 10.1. The molecule has 1 aromatic rings. The van der Waals surface area contributed by atoms with Crippen molar-refractivity contribution in [3.05, 3.63) is 22.2 Å². The minimum atomic E-state index is -0.263. The van der Waals surface area contributed by atoms with Crippen molar-refractivity contribution in [3.8, 4) is 0 Å². The first-order valence-corrected chi connectivity index (χ1v) is 6.34. The molecule has 2 rings (SSSR count). The first-order valence-electron chi connectivity index (χ1n) is 6.34. The quantitative estimate of drug-likeness (QED) is 0.742. The molecule has 2 N–H and O–H groups in total. The minimum Gasteiger partial charge on any atom is -0.379 e. The molecule has 1 aliphatic heterocycles. The van der Waals surface area contributed by atoms with Gasteiger partial charge in [-0.15, -0.1) is 0 Å². The van der Waals surface area contributed by atoms with Gasteiger partial charge in [0.2, 0.25) is 0 Å². The number of aliphatic hydroxyl groups is 1. The first kappa shape index (κ1) is 13.7. The number of nitrogens with one attached hydrogen (secondary N) is 1. The maximum atomic E-state index is 11.4. The third-order valence-electron chi connectivity index (χ3n) is 2.96. The Morgan fingerprint density at radius 1 is 1.58 bits per heavy atom. The Labute approximate surface area is 111 Å². The average molecular weight is 265 g/mol. The molecule has 1 aliphatic rings. The smallest absolute Gasteiger partial charge is 0.268 e. The highest BCUT2D eigenvalue weighted by Crippen LogP contribution is 2.18. The van der Waals surface area contributed by atoms with Crippen molar-refractivity contribution in [3.63, 3.8) is 0 Å². The van der Waals surface area contributed by atoms with Crippen LogP contribution in [-0.4, -0.2) is 46.2 Å². The lowest BCUT2D eigenvalue weighted by Gasteiger charge is -2.35. The fourth-order valence-electron chi connectivity index (χ4n) is 1.87. The second-order valence-electron chi connectivity index (χ2n) is 4.89. The van der Waals surface area contributed by atoms with E-state index in [0.717, 1.165) is 6.42 Å². The van der Waals surface area contributed by atoms with Crippen molar-refractivity contribution in [1.29, 1.82) is 0 Å². The summed E-state index contributed by atoms with van der Waals surface area (Å²) in [4.78, 5) is 22.4. The molecule has 0 bridgehead atoms. The van der Waals surface area contributed by atoms with Crippen LogP contribution >= 0.6 is 0 Å². The molecule has 0 radical (unpaired) electrons. The first-order chi connectivity index (χ1) is 9.11. The highest BCUT2D eigenvalue weighted by atomic mass is 16.3. The van der Waals surface area contributed by atoms with E-state index in [0.29, 0.717) is 30.6 Å². The fraction of sp³-hybridized carbons (Fsp3) is 0.583. The number of hydrogen-bond acceptors (Lipinski definition) is 6. The minimum absolute atomic E-state index is 0.126. The molecule has 0 saturated carbocycles. The molecular weight excluding hydrogens is 246 g/mol. The van der Waals surface area contributed by atoms with E-state index in [2.05, 4.69) is 28.8 Å². The van der Waals surface area contributed by atoms with E-state index in [1.165, 1.54) is 6.20 Å². The second-order valence-corrected chi connectivity index (χ2v) is 4.89. The summed E-state index contributed by atoms with van der Waals surface area (Å²) >= 11 is 0. The molecule has 0 amide bonds. The predicted octanol–water partition coefficient (Wildman–Crippen LogP) is 0.179. The van der Waals surface area contributed by atoms with Gasteiger partial charge in [-0.1, -0.05) is 13.8 Å². The Balaban J connectivity index is 2.23. The highest BCUT2D eigenvalue weighted by molar-refractivity contribution is 5.85. The van der Waals surface area contributed by atoms with Gasteiger partial charge < -0.3 is 10.1 Å². The average Bonchev–Trinajstić information content (AvgIpc) is 2.39. The third kappa shape index (κ3) is 3.18. The number of hydrazine groups is 1. The van der Waals surface area contributed by atoms with Gasteiger partial charge in [-0.25, -0.2) is 4.98 Å². The second kappa shape index (κ2) is 5.94. The number of rotatable bonds is 5. The molecule has 7 heteroatoms. The number of aliphatic hydroxyl groups excluding tert-OH is 1. The van der Waals surface area contributed by atoms with Gasteiger partial charge in [-0.05, 0) is 12.3 Å². The van der Waals surface area contributed by atoms with Crippen LogP contribution in [0, 0.1) is 5.92 Å². The summed E-state index contributed by atoms with van der Waals surface area (Å²) in [5, 5.41) is 13.0. The normalized spacial score (nSPS) is 14.3. The predicted molar refractivity (Wildman–Crippen MR) is 73.0 cm³/mol.